The van der Waals surface area contributed by atoms with E-state index in [2.05, 4.69) is 19.2 Å². The fourth-order valence-corrected chi connectivity index (χ4v) is 2.10. The van der Waals surface area contributed by atoms with Crippen LogP contribution in [0.5, 0.6) is 17.2 Å². The fraction of sp³-hybridized carbons (Fsp3) is 0.333. The first-order valence-corrected chi connectivity index (χ1v) is 7.56. The zero-order chi connectivity index (χ0) is 15.9. The molecule has 0 bridgehead atoms. The largest absolute Gasteiger partial charge is 0.493 e. The normalized spacial score (nSPS) is 10.4. The summed E-state index contributed by atoms with van der Waals surface area (Å²) in [5.74, 6) is 0.895. The lowest BCUT2D eigenvalue weighted by Gasteiger charge is -2.13. The Morgan fingerprint density at radius 2 is 1.77 bits per heavy atom. The summed E-state index contributed by atoms with van der Waals surface area (Å²) in [6.07, 6.45) is 1.89. The minimum absolute atomic E-state index is 0.185. The molecule has 22 heavy (non-hydrogen) atoms. The predicted molar refractivity (Wildman–Crippen MR) is 87.6 cm³/mol. The maximum Gasteiger partial charge on any atom is 0.169 e. The number of aryl methyl sites for hydroxylation is 1. The molecule has 0 aliphatic heterocycles. The summed E-state index contributed by atoms with van der Waals surface area (Å²) in [6, 6.07) is 10.5. The first-order valence-electron chi connectivity index (χ1n) is 7.56. The fourth-order valence-electron chi connectivity index (χ4n) is 2.10. The molecule has 0 amide bonds. The van der Waals surface area contributed by atoms with Gasteiger partial charge in [0, 0.05) is 18.3 Å². The molecule has 3 nitrogen and oxygen atoms in total. The Morgan fingerprint density at radius 3 is 2.41 bits per heavy atom. The molecule has 0 saturated heterocycles. The lowest BCUT2D eigenvalue weighted by Crippen LogP contribution is -2.00. The van der Waals surface area contributed by atoms with Crippen LogP contribution < -0.4 is 14.8 Å². The van der Waals surface area contributed by atoms with Crippen LogP contribution in [0.4, 0.5) is 10.1 Å². The summed E-state index contributed by atoms with van der Waals surface area (Å²) in [5, 5.41) is 3.14. The lowest BCUT2D eigenvalue weighted by atomic mass is 10.1. The minimum Gasteiger partial charge on any atom is -0.493 e. The Labute approximate surface area is 131 Å². The lowest BCUT2D eigenvalue weighted by molar-refractivity contribution is 0.370. The van der Waals surface area contributed by atoms with E-state index < -0.39 is 5.82 Å². The van der Waals surface area contributed by atoms with Crippen molar-refractivity contribution in [3.63, 3.8) is 0 Å². The van der Waals surface area contributed by atoms with Gasteiger partial charge >= 0.3 is 0 Å². The van der Waals surface area contributed by atoms with E-state index in [0.29, 0.717) is 11.5 Å². The third-order valence-electron chi connectivity index (χ3n) is 3.37. The molecule has 118 valence electrons. The van der Waals surface area contributed by atoms with Gasteiger partial charge in [0.15, 0.2) is 23.1 Å². The van der Waals surface area contributed by atoms with Crippen LogP contribution in [0.1, 0.15) is 25.8 Å². The number of ether oxygens (including phenoxy) is 2. The Bertz CT molecular complexity index is 628. The first-order chi connectivity index (χ1) is 10.7. The summed E-state index contributed by atoms with van der Waals surface area (Å²) in [6.45, 7) is 4.94. The average molecular weight is 303 g/mol. The van der Waals surface area contributed by atoms with E-state index in [1.165, 1.54) is 6.07 Å². The van der Waals surface area contributed by atoms with E-state index >= 15 is 0 Å². The zero-order valence-electron chi connectivity index (χ0n) is 13.3. The molecule has 0 spiro atoms. The monoisotopic (exact) mass is 303 g/mol. The molecule has 0 aromatic heterocycles. The van der Waals surface area contributed by atoms with Crippen molar-refractivity contribution in [3.8, 4) is 17.2 Å². The summed E-state index contributed by atoms with van der Waals surface area (Å²) < 4.78 is 25.1. The van der Waals surface area contributed by atoms with Gasteiger partial charge in [-0.25, -0.2) is 4.39 Å². The number of anilines is 1. The van der Waals surface area contributed by atoms with Gasteiger partial charge in [0.1, 0.15) is 0 Å². The third-order valence-corrected chi connectivity index (χ3v) is 3.37. The van der Waals surface area contributed by atoms with Crippen molar-refractivity contribution in [2.75, 3.05) is 19.0 Å². The van der Waals surface area contributed by atoms with Crippen molar-refractivity contribution in [1.82, 2.24) is 0 Å². The van der Waals surface area contributed by atoms with Crippen LogP contribution >= 0.6 is 0 Å². The molecule has 0 heterocycles. The Hall–Kier alpha value is -2.23. The van der Waals surface area contributed by atoms with E-state index in [0.717, 1.165) is 30.6 Å². The number of benzene rings is 2. The highest BCUT2D eigenvalue weighted by molar-refractivity contribution is 5.50. The molecule has 2 rings (SSSR count). The maximum absolute atomic E-state index is 14.1. The molecule has 2 aromatic rings. The first kappa shape index (κ1) is 16.1. The van der Waals surface area contributed by atoms with Crippen LogP contribution in [0, 0.1) is 5.82 Å². The number of nitrogens with one attached hydrogen (secondary N) is 1. The van der Waals surface area contributed by atoms with Crippen molar-refractivity contribution < 1.29 is 13.9 Å². The smallest absolute Gasteiger partial charge is 0.169 e. The van der Waals surface area contributed by atoms with Crippen molar-refractivity contribution in [1.29, 1.82) is 0 Å². The summed E-state index contributed by atoms with van der Waals surface area (Å²) in [4.78, 5) is 0. The third kappa shape index (κ3) is 3.91. The topological polar surface area (TPSA) is 30.5 Å². The van der Waals surface area contributed by atoms with Gasteiger partial charge in [0.2, 0.25) is 0 Å². The van der Waals surface area contributed by atoms with Crippen molar-refractivity contribution in [2.45, 2.75) is 26.7 Å². The van der Waals surface area contributed by atoms with Crippen LogP contribution in [0.2, 0.25) is 0 Å². The van der Waals surface area contributed by atoms with Gasteiger partial charge < -0.3 is 14.8 Å². The Balaban J connectivity index is 2.20. The molecule has 0 atom stereocenters. The second-order valence-corrected chi connectivity index (χ2v) is 5.01. The molecule has 4 heteroatoms. The molecule has 0 aliphatic carbocycles. The highest BCUT2D eigenvalue weighted by Crippen LogP contribution is 2.34. The SMILES string of the molecule is CCCNc1ccc(Oc2ccc(CC)cc2OC)c(F)c1. The quantitative estimate of drug-likeness (QED) is 0.780. The van der Waals surface area contributed by atoms with Crippen molar-refractivity contribution in [3.05, 3.63) is 47.8 Å². The highest BCUT2D eigenvalue weighted by atomic mass is 19.1. The maximum atomic E-state index is 14.1. The van der Waals surface area contributed by atoms with Gasteiger partial charge in [-0.05, 0) is 42.7 Å². The van der Waals surface area contributed by atoms with Crippen LogP contribution in [-0.2, 0) is 6.42 Å². The van der Waals surface area contributed by atoms with Crippen LogP contribution in [0.15, 0.2) is 36.4 Å². The van der Waals surface area contributed by atoms with E-state index in [-0.39, 0.29) is 5.75 Å². The molecular weight excluding hydrogens is 281 g/mol. The number of hydrogen-bond acceptors (Lipinski definition) is 3. The standard InChI is InChI=1S/C18H22FNO2/c1-4-10-20-14-7-9-16(15(19)12-14)22-17-8-6-13(5-2)11-18(17)21-3/h6-9,11-12,20H,4-5,10H2,1-3H3. The second-order valence-electron chi connectivity index (χ2n) is 5.01. The van der Waals surface area contributed by atoms with Crippen molar-refractivity contribution in [2.24, 2.45) is 0 Å². The van der Waals surface area contributed by atoms with Gasteiger partial charge in [0.25, 0.3) is 0 Å². The van der Waals surface area contributed by atoms with Gasteiger partial charge in [-0.2, -0.15) is 0 Å². The van der Waals surface area contributed by atoms with Gasteiger partial charge in [0.05, 0.1) is 7.11 Å². The number of hydrogen-bond donors (Lipinski definition) is 1. The summed E-state index contributed by atoms with van der Waals surface area (Å²) in [5.41, 5.74) is 1.89. The predicted octanol–water partition coefficient (Wildman–Crippen LogP) is 5.01. The summed E-state index contributed by atoms with van der Waals surface area (Å²) >= 11 is 0. The molecule has 1 N–H and O–H groups in total. The number of rotatable bonds is 7. The van der Waals surface area contributed by atoms with Gasteiger partial charge in [-0.3, -0.25) is 0 Å². The highest BCUT2D eigenvalue weighted by Gasteiger charge is 2.10. The van der Waals surface area contributed by atoms with E-state index in [9.17, 15) is 4.39 Å². The molecular formula is C18H22FNO2. The average Bonchev–Trinajstić information content (AvgIpc) is 2.55. The van der Waals surface area contributed by atoms with Crippen LogP contribution in [0.25, 0.3) is 0 Å². The number of methoxy groups -OCH3 is 1. The molecule has 0 saturated carbocycles. The zero-order valence-corrected chi connectivity index (χ0v) is 13.3. The van der Waals surface area contributed by atoms with Gasteiger partial charge in [-0.1, -0.05) is 19.9 Å². The van der Waals surface area contributed by atoms with Crippen LogP contribution in [-0.4, -0.2) is 13.7 Å². The Kier molecular flexibility index (Phi) is 5.64. The van der Waals surface area contributed by atoms with Crippen molar-refractivity contribution >= 4 is 5.69 Å². The molecule has 0 aliphatic rings. The summed E-state index contributed by atoms with van der Waals surface area (Å²) in [7, 11) is 1.58. The van der Waals surface area contributed by atoms with Gasteiger partial charge in [-0.15, -0.1) is 0 Å². The van der Waals surface area contributed by atoms with E-state index in [1.807, 2.05) is 12.1 Å². The molecule has 2 aromatic carbocycles. The number of halogens is 1. The van der Waals surface area contributed by atoms with E-state index in [4.69, 9.17) is 9.47 Å². The van der Waals surface area contributed by atoms with E-state index in [1.54, 1.807) is 25.3 Å². The molecule has 0 unspecified atom stereocenters. The Morgan fingerprint density at radius 1 is 1.00 bits per heavy atom. The van der Waals surface area contributed by atoms with Crippen LogP contribution in [0.3, 0.4) is 0 Å². The second kappa shape index (κ2) is 7.69. The molecule has 0 fully saturated rings. The minimum atomic E-state index is -0.400. The molecule has 0 radical (unpaired) electrons.